The molecule has 1 atom stereocenters. The molecule has 3 aromatic carbocycles. The maximum atomic E-state index is 11.9. The zero-order valence-corrected chi connectivity index (χ0v) is 40.7. The molecule has 4 fully saturated rings. The number of carbonyl (C=O) groups excluding carboxylic acids is 1. The lowest BCUT2D eigenvalue weighted by Gasteiger charge is -2.40. The molecule has 13 heteroatoms. The van der Waals surface area contributed by atoms with Gasteiger partial charge in [0.25, 0.3) is 0 Å². The molecule has 68 heavy (non-hydrogen) atoms. The summed E-state index contributed by atoms with van der Waals surface area (Å²) < 4.78 is 10.0. The molecule has 1 spiro atoms. The number of aryl methyl sites for hydroxylation is 1. The van der Waals surface area contributed by atoms with Gasteiger partial charge in [-0.05, 0) is 124 Å². The number of hydrogen-bond acceptors (Lipinski definition) is 9. The van der Waals surface area contributed by atoms with E-state index in [4.69, 9.17) is 31.5 Å². The van der Waals surface area contributed by atoms with E-state index >= 15 is 0 Å². The predicted octanol–water partition coefficient (Wildman–Crippen LogP) is 10.6. The van der Waals surface area contributed by atoms with Crippen molar-refractivity contribution in [2.45, 2.75) is 104 Å². The number of piperidine rings is 2. The molecule has 5 aliphatic heterocycles. The summed E-state index contributed by atoms with van der Waals surface area (Å²) in [6.45, 7) is 15.4. The number of fused-ring (bicyclic) bond motifs is 2. The summed E-state index contributed by atoms with van der Waals surface area (Å²) in [6, 6.07) is 26.7. The third kappa shape index (κ3) is 9.19. The minimum absolute atomic E-state index is 0.316. The molecule has 5 aliphatic rings. The van der Waals surface area contributed by atoms with E-state index in [0.717, 1.165) is 136 Å². The number of ether oxygens (including phenoxy) is 1. The Morgan fingerprint density at radius 1 is 0.897 bits per heavy atom. The topological polar surface area (TPSA) is 112 Å². The third-order valence-electron chi connectivity index (χ3n) is 15.7. The summed E-state index contributed by atoms with van der Waals surface area (Å²) in [4.78, 5) is 26.3. The number of halogens is 1. The van der Waals surface area contributed by atoms with Crippen LogP contribution < -0.4 is 14.7 Å². The van der Waals surface area contributed by atoms with Crippen LogP contribution in [0.25, 0.3) is 33.3 Å². The van der Waals surface area contributed by atoms with Crippen molar-refractivity contribution in [2.75, 3.05) is 67.2 Å². The first kappa shape index (κ1) is 45.9. The maximum absolute atomic E-state index is 11.9. The van der Waals surface area contributed by atoms with Crippen molar-refractivity contribution in [3.8, 4) is 28.6 Å². The number of nitriles is 1. The van der Waals surface area contributed by atoms with Crippen molar-refractivity contribution in [1.82, 2.24) is 29.4 Å². The monoisotopic (exact) mass is 932 g/mol. The van der Waals surface area contributed by atoms with Crippen molar-refractivity contribution in [3.63, 3.8) is 0 Å². The molecule has 1 unspecified atom stereocenters. The molecule has 8 heterocycles. The molecule has 0 radical (unpaired) electrons. The van der Waals surface area contributed by atoms with Crippen molar-refractivity contribution in [2.24, 2.45) is 11.3 Å². The molecule has 11 rings (SSSR count). The highest BCUT2D eigenvalue weighted by molar-refractivity contribution is 6.32. The van der Waals surface area contributed by atoms with E-state index in [9.17, 15) is 10.1 Å². The van der Waals surface area contributed by atoms with Gasteiger partial charge in [0, 0.05) is 135 Å². The molecular weight excluding hydrogens is 868 g/mol. The Balaban J connectivity index is 0.00000266. The number of carbonyl (C=O) groups is 1. The van der Waals surface area contributed by atoms with Crippen LogP contribution in [0.15, 0.2) is 85.3 Å². The van der Waals surface area contributed by atoms with Crippen LogP contribution in [0, 0.1) is 22.7 Å². The lowest BCUT2D eigenvalue weighted by molar-refractivity contribution is -0.118. The molecule has 354 valence electrons. The van der Waals surface area contributed by atoms with E-state index in [1.807, 2.05) is 43.3 Å². The maximum Gasteiger partial charge on any atom is 0.210 e. The predicted molar refractivity (Wildman–Crippen MR) is 272 cm³/mol. The molecule has 12 nitrogen and oxygen atoms in total. The second-order valence-electron chi connectivity index (χ2n) is 19.7. The lowest BCUT2D eigenvalue weighted by Crippen LogP contribution is -2.41. The van der Waals surface area contributed by atoms with Gasteiger partial charge < -0.3 is 24.3 Å². The summed E-state index contributed by atoms with van der Waals surface area (Å²) in [5, 5.41) is 22.1. The van der Waals surface area contributed by atoms with Gasteiger partial charge in [-0.25, -0.2) is 0 Å². The van der Waals surface area contributed by atoms with Gasteiger partial charge in [-0.1, -0.05) is 43.6 Å². The van der Waals surface area contributed by atoms with Gasteiger partial charge in [0.2, 0.25) is 6.41 Å². The molecule has 0 aliphatic carbocycles. The molecule has 0 saturated carbocycles. The first-order chi connectivity index (χ1) is 33.3. The fourth-order valence-electron chi connectivity index (χ4n) is 11.9. The Morgan fingerprint density at radius 3 is 2.35 bits per heavy atom. The Hall–Kier alpha value is -5.90. The minimum Gasteiger partial charge on any atom is -0.381 e. The number of rotatable bonds is 10. The highest BCUT2D eigenvalue weighted by atomic mass is 35.5. The Bertz CT molecular complexity index is 2760. The fourth-order valence-corrected chi connectivity index (χ4v) is 12.1. The summed E-state index contributed by atoms with van der Waals surface area (Å²) in [5.74, 6) is 0.675. The standard InChI is InChI=1S/C53H59ClN10O2.C2H6/c1-37-29-53(35-63(37)45-6-5-40(30-55)49(54)28-45)17-23-61(24-18-53)43-9-7-42(8-10-43)60-20-11-38(12-21-60)13-22-62-33-41(31-57-62)50-27-39-3-2-4-46(47(39)32-56-50)52-48-34-59(36-65)19-14-51(48)64(58-52)44-15-25-66-26-16-44;1-2/h2-10,27-28,31-33,36-38,44H,11-26,29,34-35H2,1H3;1-2H3. The Morgan fingerprint density at radius 2 is 1.63 bits per heavy atom. The van der Waals surface area contributed by atoms with Gasteiger partial charge >= 0.3 is 0 Å². The van der Waals surface area contributed by atoms with Gasteiger partial charge in [0.1, 0.15) is 6.07 Å². The molecule has 4 saturated heterocycles. The van der Waals surface area contributed by atoms with Crippen molar-refractivity contribution in [3.05, 3.63) is 107 Å². The van der Waals surface area contributed by atoms with Crippen molar-refractivity contribution in [1.29, 1.82) is 5.26 Å². The number of pyridine rings is 1. The average Bonchev–Trinajstić information content (AvgIpc) is 4.12. The molecule has 6 aromatic rings. The third-order valence-corrected chi connectivity index (χ3v) is 16.0. The minimum atomic E-state index is 0.316. The van der Waals surface area contributed by atoms with Crippen molar-refractivity contribution < 1.29 is 9.53 Å². The number of benzene rings is 3. The van der Waals surface area contributed by atoms with Crippen LogP contribution in [0.1, 0.15) is 95.0 Å². The fraction of sp³-hybridized carbons (Fsp3) is 0.473. The zero-order chi connectivity index (χ0) is 46.8. The van der Waals surface area contributed by atoms with E-state index in [-0.39, 0.29) is 0 Å². The number of anilines is 3. The average molecular weight is 934 g/mol. The number of nitrogens with zero attached hydrogens (tertiary/aromatic N) is 10. The first-order valence-corrected chi connectivity index (χ1v) is 25.6. The second kappa shape index (κ2) is 20.0. The van der Waals surface area contributed by atoms with Gasteiger partial charge in [-0.15, -0.1) is 0 Å². The summed E-state index contributed by atoms with van der Waals surface area (Å²) in [7, 11) is 0. The summed E-state index contributed by atoms with van der Waals surface area (Å²) >= 11 is 6.42. The van der Waals surface area contributed by atoms with Crippen LogP contribution in [-0.2, 0) is 29.0 Å². The second-order valence-corrected chi connectivity index (χ2v) is 20.1. The lowest BCUT2D eigenvalue weighted by atomic mass is 9.76. The van der Waals surface area contributed by atoms with E-state index < -0.39 is 0 Å². The number of hydrogen-bond donors (Lipinski definition) is 0. The van der Waals surface area contributed by atoms with Gasteiger partial charge in [0.05, 0.1) is 34.2 Å². The normalized spacial score (nSPS) is 19.8. The number of aromatic nitrogens is 5. The molecular formula is C55H65ClN10O2. The summed E-state index contributed by atoms with van der Waals surface area (Å²) in [6.07, 6.45) is 16.8. The first-order valence-electron chi connectivity index (χ1n) is 25.2. The Labute approximate surface area is 406 Å². The highest BCUT2D eigenvalue weighted by Gasteiger charge is 2.44. The molecule has 3 aromatic heterocycles. The molecule has 0 N–H and O–H groups in total. The largest absolute Gasteiger partial charge is 0.381 e. The van der Waals surface area contributed by atoms with Gasteiger partial charge in [-0.2, -0.15) is 15.5 Å². The van der Waals surface area contributed by atoms with Crippen LogP contribution in [0.3, 0.4) is 0 Å². The molecule has 0 bridgehead atoms. The zero-order valence-electron chi connectivity index (χ0n) is 40.0. The van der Waals surface area contributed by atoms with E-state index in [0.29, 0.717) is 40.5 Å². The Kier molecular flexibility index (Phi) is 13.5. The van der Waals surface area contributed by atoms with E-state index in [1.165, 1.54) is 49.2 Å². The quantitative estimate of drug-likeness (QED) is 0.124. The van der Waals surface area contributed by atoms with Crippen LogP contribution >= 0.6 is 11.6 Å². The van der Waals surface area contributed by atoms with Crippen LogP contribution in [0.2, 0.25) is 5.02 Å². The van der Waals surface area contributed by atoms with Crippen LogP contribution in [0.4, 0.5) is 17.1 Å². The number of amides is 1. The van der Waals surface area contributed by atoms with Gasteiger partial charge in [0.15, 0.2) is 0 Å². The smallest absolute Gasteiger partial charge is 0.210 e. The SMILES string of the molecule is CC.CC1CC2(CCN(c3ccc(N4CCC(CCn5cc(-c6cc7cccc(-c8nn(C9CCOCC9)c9c8CN(C=O)CC9)c7cn6)cn5)CC4)cc3)CC2)CN1c1ccc(C#N)c(Cl)c1. The highest BCUT2D eigenvalue weighted by Crippen LogP contribution is 2.46. The van der Waals surface area contributed by atoms with E-state index in [2.05, 4.69) is 97.9 Å². The van der Waals surface area contributed by atoms with Crippen LogP contribution in [-0.4, -0.2) is 94.4 Å². The van der Waals surface area contributed by atoms with Gasteiger partial charge in [-0.3, -0.25) is 19.1 Å². The molecule has 1 amide bonds. The summed E-state index contributed by atoms with van der Waals surface area (Å²) in [5.41, 5.74) is 11.0. The van der Waals surface area contributed by atoms with Crippen LogP contribution in [0.5, 0.6) is 0 Å². The van der Waals surface area contributed by atoms with Crippen molar-refractivity contribution >= 4 is 45.8 Å². The van der Waals surface area contributed by atoms with E-state index in [1.54, 1.807) is 0 Å².